The summed E-state index contributed by atoms with van der Waals surface area (Å²) >= 11 is 1.44. The van der Waals surface area contributed by atoms with Gasteiger partial charge in [0.2, 0.25) is 5.91 Å². The van der Waals surface area contributed by atoms with E-state index in [-0.39, 0.29) is 5.91 Å². The minimum Gasteiger partial charge on any atom is -0.342 e. The van der Waals surface area contributed by atoms with Crippen molar-refractivity contribution in [3.63, 3.8) is 0 Å². The minimum absolute atomic E-state index is 0.167. The Bertz CT molecular complexity index is 959. The normalized spacial score (nSPS) is 13.9. The van der Waals surface area contributed by atoms with Crippen LogP contribution in [0.2, 0.25) is 0 Å². The van der Waals surface area contributed by atoms with Gasteiger partial charge >= 0.3 is 0 Å². The van der Waals surface area contributed by atoms with E-state index in [2.05, 4.69) is 47.2 Å². The SMILES string of the molecule is Cc1cc(C)cc(-n2c(SCC(=O)N3CCCC3)nnc2-c2cccnc2)c1. The lowest BCUT2D eigenvalue weighted by atomic mass is 10.1. The summed E-state index contributed by atoms with van der Waals surface area (Å²) < 4.78 is 2.03. The molecule has 0 bridgehead atoms. The molecule has 1 saturated heterocycles. The summed E-state index contributed by atoms with van der Waals surface area (Å²) in [5, 5.41) is 9.55. The maximum absolute atomic E-state index is 12.5. The zero-order valence-electron chi connectivity index (χ0n) is 16.1. The number of carbonyl (C=O) groups excluding carboxylic acids is 1. The molecule has 1 aromatic carbocycles. The quantitative estimate of drug-likeness (QED) is 0.619. The van der Waals surface area contributed by atoms with Crippen LogP contribution in [-0.2, 0) is 4.79 Å². The molecule has 3 aromatic rings. The number of hydrogen-bond donors (Lipinski definition) is 0. The number of aromatic nitrogens is 4. The third-order valence-electron chi connectivity index (χ3n) is 4.80. The van der Waals surface area contributed by atoms with Crippen LogP contribution in [0.5, 0.6) is 0 Å². The first kappa shape index (κ1) is 18.7. The van der Waals surface area contributed by atoms with Gasteiger partial charge < -0.3 is 4.90 Å². The van der Waals surface area contributed by atoms with E-state index in [1.807, 2.05) is 21.6 Å². The number of rotatable bonds is 5. The summed E-state index contributed by atoms with van der Waals surface area (Å²) in [5.74, 6) is 1.27. The fraction of sp³-hybridized carbons (Fsp3) is 0.333. The molecule has 0 radical (unpaired) electrons. The number of likely N-dealkylation sites (tertiary alicyclic amines) is 1. The molecule has 3 heterocycles. The average molecular weight is 394 g/mol. The van der Waals surface area contributed by atoms with E-state index in [0.29, 0.717) is 5.75 Å². The number of aryl methyl sites for hydroxylation is 2. The Morgan fingerprint density at radius 3 is 2.54 bits per heavy atom. The molecule has 0 unspecified atom stereocenters. The molecule has 2 aromatic heterocycles. The van der Waals surface area contributed by atoms with Crippen molar-refractivity contribution in [3.8, 4) is 17.1 Å². The van der Waals surface area contributed by atoms with E-state index in [9.17, 15) is 4.79 Å². The fourth-order valence-electron chi connectivity index (χ4n) is 3.54. The second-order valence-electron chi connectivity index (χ2n) is 7.11. The Hall–Kier alpha value is -2.67. The molecule has 0 atom stereocenters. The lowest BCUT2D eigenvalue weighted by Gasteiger charge is -2.15. The highest BCUT2D eigenvalue weighted by molar-refractivity contribution is 7.99. The van der Waals surface area contributed by atoms with Crippen molar-refractivity contribution in [2.45, 2.75) is 31.8 Å². The monoisotopic (exact) mass is 393 g/mol. The van der Waals surface area contributed by atoms with Crippen LogP contribution in [0.4, 0.5) is 0 Å². The van der Waals surface area contributed by atoms with Crippen molar-refractivity contribution in [2.24, 2.45) is 0 Å². The van der Waals surface area contributed by atoms with Gasteiger partial charge in [-0.2, -0.15) is 0 Å². The second-order valence-corrected chi connectivity index (χ2v) is 8.05. The summed E-state index contributed by atoms with van der Waals surface area (Å²) in [6.07, 6.45) is 5.72. The highest BCUT2D eigenvalue weighted by Crippen LogP contribution is 2.29. The first-order valence-corrected chi connectivity index (χ1v) is 10.5. The van der Waals surface area contributed by atoms with Gasteiger partial charge in [0.05, 0.1) is 11.4 Å². The summed E-state index contributed by atoms with van der Waals surface area (Å²) in [5.41, 5.74) is 4.24. The lowest BCUT2D eigenvalue weighted by Crippen LogP contribution is -2.29. The van der Waals surface area contributed by atoms with Gasteiger partial charge in [-0.1, -0.05) is 17.8 Å². The van der Waals surface area contributed by atoms with Crippen LogP contribution in [0, 0.1) is 13.8 Å². The van der Waals surface area contributed by atoms with Gasteiger partial charge in [-0.05, 0) is 62.1 Å². The average Bonchev–Trinajstić information content (AvgIpc) is 3.36. The van der Waals surface area contributed by atoms with Gasteiger partial charge in [0.15, 0.2) is 11.0 Å². The predicted octanol–water partition coefficient (Wildman–Crippen LogP) is 3.66. The molecule has 6 nitrogen and oxygen atoms in total. The van der Waals surface area contributed by atoms with Gasteiger partial charge in [-0.3, -0.25) is 14.3 Å². The van der Waals surface area contributed by atoms with Crippen molar-refractivity contribution >= 4 is 17.7 Å². The maximum atomic E-state index is 12.5. The van der Waals surface area contributed by atoms with Crippen LogP contribution in [0.3, 0.4) is 0 Å². The molecule has 0 aliphatic carbocycles. The Kier molecular flexibility index (Phi) is 5.43. The fourth-order valence-corrected chi connectivity index (χ4v) is 4.40. The molecule has 1 amide bonds. The van der Waals surface area contributed by atoms with Gasteiger partial charge in [-0.15, -0.1) is 10.2 Å². The Morgan fingerprint density at radius 2 is 1.86 bits per heavy atom. The third kappa shape index (κ3) is 3.94. The van der Waals surface area contributed by atoms with E-state index >= 15 is 0 Å². The van der Waals surface area contributed by atoms with Crippen molar-refractivity contribution in [1.82, 2.24) is 24.6 Å². The molecule has 28 heavy (non-hydrogen) atoms. The third-order valence-corrected chi connectivity index (χ3v) is 5.71. The van der Waals surface area contributed by atoms with Gasteiger partial charge in [0.25, 0.3) is 0 Å². The summed E-state index contributed by atoms with van der Waals surface area (Å²) in [4.78, 5) is 18.6. The van der Waals surface area contributed by atoms with Crippen LogP contribution in [0.25, 0.3) is 17.1 Å². The summed E-state index contributed by atoms with van der Waals surface area (Å²) in [6.45, 7) is 5.89. The number of benzene rings is 1. The van der Waals surface area contributed by atoms with E-state index in [1.54, 1.807) is 12.4 Å². The zero-order valence-corrected chi connectivity index (χ0v) is 16.9. The van der Waals surface area contributed by atoms with Crippen molar-refractivity contribution in [3.05, 3.63) is 53.9 Å². The van der Waals surface area contributed by atoms with E-state index in [1.165, 1.54) is 22.9 Å². The van der Waals surface area contributed by atoms with E-state index in [0.717, 1.165) is 48.2 Å². The topological polar surface area (TPSA) is 63.9 Å². The summed E-state index contributed by atoms with van der Waals surface area (Å²) in [6, 6.07) is 10.2. The summed E-state index contributed by atoms with van der Waals surface area (Å²) in [7, 11) is 0. The second kappa shape index (κ2) is 8.14. The maximum Gasteiger partial charge on any atom is 0.233 e. The zero-order chi connectivity index (χ0) is 19.5. The molecule has 0 N–H and O–H groups in total. The van der Waals surface area contributed by atoms with Crippen LogP contribution in [-0.4, -0.2) is 49.4 Å². The molecule has 7 heteroatoms. The van der Waals surface area contributed by atoms with E-state index in [4.69, 9.17) is 0 Å². The first-order chi connectivity index (χ1) is 13.6. The van der Waals surface area contributed by atoms with Crippen molar-refractivity contribution in [1.29, 1.82) is 0 Å². The van der Waals surface area contributed by atoms with Gasteiger partial charge in [0.1, 0.15) is 0 Å². The van der Waals surface area contributed by atoms with Crippen LogP contribution >= 0.6 is 11.8 Å². The highest BCUT2D eigenvalue weighted by Gasteiger charge is 2.21. The highest BCUT2D eigenvalue weighted by atomic mass is 32.2. The standard InChI is InChI=1S/C21H23N5OS/c1-15-10-16(2)12-18(11-15)26-20(17-6-5-7-22-13-17)23-24-21(26)28-14-19(27)25-8-3-4-9-25/h5-7,10-13H,3-4,8-9,14H2,1-2H3. The molecule has 1 fully saturated rings. The molecule has 0 saturated carbocycles. The number of nitrogens with zero attached hydrogens (tertiary/aromatic N) is 5. The number of hydrogen-bond acceptors (Lipinski definition) is 5. The number of thioether (sulfide) groups is 1. The Labute approximate surface area is 169 Å². The number of pyridine rings is 1. The molecular formula is C21H23N5OS. The largest absolute Gasteiger partial charge is 0.342 e. The van der Waals surface area contributed by atoms with Gasteiger partial charge in [0, 0.05) is 31.0 Å². The number of amides is 1. The number of carbonyl (C=O) groups is 1. The lowest BCUT2D eigenvalue weighted by molar-refractivity contribution is -0.127. The van der Waals surface area contributed by atoms with Crippen LogP contribution < -0.4 is 0 Å². The van der Waals surface area contributed by atoms with Gasteiger partial charge in [-0.25, -0.2) is 0 Å². The molecular weight excluding hydrogens is 370 g/mol. The van der Waals surface area contributed by atoms with E-state index < -0.39 is 0 Å². The molecule has 0 spiro atoms. The smallest absolute Gasteiger partial charge is 0.233 e. The van der Waals surface area contributed by atoms with Crippen LogP contribution in [0.1, 0.15) is 24.0 Å². The first-order valence-electron chi connectivity index (χ1n) is 9.47. The molecule has 1 aliphatic heterocycles. The van der Waals surface area contributed by atoms with Crippen molar-refractivity contribution < 1.29 is 4.79 Å². The van der Waals surface area contributed by atoms with Crippen molar-refractivity contribution in [2.75, 3.05) is 18.8 Å². The molecule has 1 aliphatic rings. The molecule has 144 valence electrons. The predicted molar refractivity (Wildman–Crippen MR) is 111 cm³/mol. The Morgan fingerprint density at radius 1 is 1.11 bits per heavy atom. The molecule has 4 rings (SSSR count). The Balaban J connectivity index is 1.70. The van der Waals surface area contributed by atoms with Crippen LogP contribution in [0.15, 0.2) is 47.9 Å². The minimum atomic E-state index is 0.167.